The molecular weight excluding hydrogens is 344 g/mol. The second-order valence-corrected chi connectivity index (χ2v) is 6.54. The van der Waals surface area contributed by atoms with Crippen LogP contribution in [0.5, 0.6) is 0 Å². The summed E-state index contributed by atoms with van der Waals surface area (Å²) in [6.45, 7) is 4.30. The maximum atomic E-state index is 13.0. The van der Waals surface area contributed by atoms with Crippen molar-refractivity contribution >= 4 is 17.7 Å². The third kappa shape index (κ3) is 3.95. The van der Waals surface area contributed by atoms with E-state index in [9.17, 15) is 10.1 Å². The summed E-state index contributed by atoms with van der Waals surface area (Å²) >= 11 is 0. The van der Waals surface area contributed by atoms with Gasteiger partial charge in [0.05, 0.1) is 11.3 Å². The molecule has 0 unspecified atom stereocenters. The molecular formula is C18H22N8O. The van der Waals surface area contributed by atoms with Crippen molar-refractivity contribution in [1.29, 1.82) is 5.26 Å². The summed E-state index contributed by atoms with van der Waals surface area (Å²) in [4.78, 5) is 35.6. The first-order valence-electron chi connectivity index (χ1n) is 8.77. The lowest BCUT2D eigenvalue weighted by Gasteiger charge is -2.23. The standard InChI is InChI=1S/C18H22N8O/c1-13-14(12-22-18(23-13)24(2)3)17(27)26-8-4-7-25(9-10-26)16-15(11-19)20-5-6-21-16/h5-6,12H,4,7-10H2,1-3H3. The van der Waals surface area contributed by atoms with Gasteiger partial charge in [0.1, 0.15) is 6.07 Å². The molecule has 0 saturated carbocycles. The Kier molecular flexibility index (Phi) is 5.45. The molecule has 0 atom stereocenters. The SMILES string of the molecule is Cc1nc(N(C)C)ncc1C(=O)N1CCCN(c2nccnc2C#N)CC1. The average Bonchev–Trinajstić information content (AvgIpc) is 2.93. The van der Waals surface area contributed by atoms with Crippen LogP contribution >= 0.6 is 0 Å². The van der Waals surface area contributed by atoms with Gasteiger partial charge in [-0.15, -0.1) is 0 Å². The Hall–Kier alpha value is -3.28. The Balaban J connectivity index is 1.74. The molecule has 1 aliphatic heterocycles. The number of amides is 1. The van der Waals surface area contributed by atoms with Gasteiger partial charge in [-0.2, -0.15) is 5.26 Å². The molecule has 1 amide bonds. The zero-order chi connectivity index (χ0) is 19.4. The van der Waals surface area contributed by atoms with Crippen molar-refractivity contribution in [3.8, 4) is 6.07 Å². The van der Waals surface area contributed by atoms with E-state index in [4.69, 9.17) is 0 Å². The minimum absolute atomic E-state index is 0.0701. The van der Waals surface area contributed by atoms with Crippen molar-refractivity contribution in [3.05, 3.63) is 35.5 Å². The van der Waals surface area contributed by atoms with Crippen LogP contribution in [0.2, 0.25) is 0 Å². The molecule has 2 aromatic heterocycles. The summed E-state index contributed by atoms with van der Waals surface area (Å²) in [6, 6.07) is 2.08. The topological polar surface area (TPSA) is 102 Å². The maximum Gasteiger partial charge on any atom is 0.257 e. The van der Waals surface area contributed by atoms with Gasteiger partial charge >= 0.3 is 0 Å². The van der Waals surface area contributed by atoms with E-state index in [1.165, 1.54) is 6.20 Å². The maximum absolute atomic E-state index is 13.0. The first-order valence-corrected chi connectivity index (χ1v) is 8.77. The fourth-order valence-corrected chi connectivity index (χ4v) is 3.02. The molecule has 1 aliphatic rings. The van der Waals surface area contributed by atoms with Crippen LogP contribution in [0.15, 0.2) is 18.6 Å². The van der Waals surface area contributed by atoms with Crippen LogP contribution in [-0.2, 0) is 0 Å². The van der Waals surface area contributed by atoms with Crippen molar-refractivity contribution in [2.45, 2.75) is 13.3 Å². The van der Waals surface area contributed by atoms with E-state index in [0.717, 1.165) is 6.42 Å². The Bertz CT molecular complexity index is 876. The van der Waals surface area contributed by atoms with Crippen molar-refractivity contribution < 1.29 is 4.79 Å². The van der Waals surface area contributed by atoms with Crippen molar-refractivity contribution in [2.75, 3.05) is 50.1 Å². The number of aryl methyl sites for hydroxylation is 1. The van der Waals surface area contributed by atoms with Gasteiger partial charge in [-0.1, -0.05) is 0 Å². The molecule has 0 aliphatic carbocycles. The molecule has 0 aromatic carbocycles. The van der Waals surface area contributed by atoms with E-state index >= 15 is 0 Å². The minimum Gasteiger partial charge on any atom is -0.352 e. The van der Waals surface area contributed by atoms with Crippen LogP contribution in [0.4, 0.5) is 11.8 Å². The lowest BCUT2D eigenvalue weighted by Crippen LogP contribution is -2.36. The molecule has 0 radical (unpaired) electrons. The quantitative estimate of drug-likeness (QED) is 0.788. The number of hydrogen-bond donors (Lipinski definition) is 0. The van der Waals surface area contributed by atoms with Gasteiger partial charge in [-0.3, -0.25) is 4.79 Å². The minimum atomic E-state index is -0.0701. The van der Waals surface area contributed by atoms with Gasteiger partial charge in [0, 0.05) is 58.9 Å². The number of carbonyl (C=O) groups is 1. The average molecular weight is 366 g/mol. The second-order valence-electron chi connectivity index (χ2n) is 6.54. The molecule has 140 valence electrons. The predicted octanol–water partition coefficient (Wildman–Crippen LogP) is 0.865. The summed E-state index contributed by atoms with van der Waals surface area (Å²) in [5.74, 6) is 1.08. The zero-order valence-corrected chi connectivity index (χ0v) is 15.8. The largest absolute Gasteiger partial charge is 0.352 e. The van der Waals surface area contributed by atoms with Gasteiger partial charge in [-0.25, -0.2) is 19.9 Å². The number of hydrogen-bond acceptors (Lipinski definition) is 8. The number of nitriles is 1. The number of anilines is 2. The number of rotatable bonds is 3. The van der Waals surface area contributed by atoms with E-state index in [2.05, 4.69) is 26.0 Å². The van der Waals surface area contributed by atoms with Gasteiger partial charge in [0.25, 0.3) is 5.91 Å². The van der Waals surface area contributed by atoms with Gasteiger partial charge < -0.3 is 14.7 Å². The second kappa shape index (κ2) is 7.95. The number of aromatic nitrogens is 4. The summed E-state index contributed by atoms with van der Waals surface area (Å²) in [5, 5.41) is 9.24. The van der Waals surface area contributed by atoms with E-state index < -0.39 is 0 Å². The summed E-state index contributed by atoms with van der Waals surface area (Å²) in [6.07, 6.45) is 5.47. The molecule has 0 N–H and O–H groups in total. The van der Waals surface area contributed by atoms with Crippen LogP contribution in [-0.4, -0.2) is 71.0 Å². The van der Waals surface area contributed by atoms with Crippen molar-refractivity contribution in [2.24, 2.45) is 0 Å². The van der Waals surface area contributed by atoms with Crippen LogP contribution in [0, 0.1) is 18.3 Å². The third-order valence-corrected chi connectivity index (χ3v) is 4.46. The zero-order valence-electron chi connectivity index (χ0n) is 15.8. The van der Waals surface area contributed by atoms with Gasteiger partial charge in [-0.05, 0) is 13.3 Å². The highest BCUT2D eigenvalue weighted by atomic mass is 16.2. The van der Waals surface area contributed by atoms with Gasteiger partial charge in [0.15, 0.2) is 11.5 Å². The Morgan fingerprint density at radius 2 is 1.93 bits per heavy atom. The molecule has 0 bridgehead atoms. The van der Waals surface area contributed by atoms with Crippen molar-refractivity contribution in [1.82, 2.24) is 24.8 Å². The first-order chi connectivity index (χ1) is 13.0. The highest BCUT2D eigenvalue weighted by Crippen LogP contribution is 2.18. The van der Waals surface area contributed by atoms with Crippen LogP contribution in [0.25, 0.3) is 0 Å². The van der Waals surface area contributed by atoms with Gasteiger partial charge in [0.2, 0.25) is 5.95 Å². The normalized spacial score (nSPS) is 14.4. The highest BCUT2D eigenvalue weighted by Gasteiger charge is 2.24. The third-order valence-electron chi connectivity index (χ3n) is 4.46. The van der Waals surface area contributed by atoms with E-state index in [1.807, 2.05) is 30.8 Å². The fourth-order valence-electron chi connectivity index (χ4n) is 3.02. The molecule has 0 spiro atoms. The van der Waals surface area contributed by atoms with Crippen LogP contribution < -0.4 is 9.80 Å². The monoisotopic (exact) mass is 366 g/mol. The lowest BCUT2D eigenvalue weighted by atomic mass is 10.2. The molecule has 9 heteroatoms. The smallest absolute Gasteiger partial charge is 0.257 e. The van der Waals surface area contributed by atoms with Crippen molar-refractivity contribution in [3.63, 3.8) is 0 Å². The van der Waals surface area contributed by atoms with E-state index in [1.54, 1.807) is 17.3 Å². The Morgan fingerprint density at radius 1 is 1.15 bits per heavy atom. The molecule has 1 saturated heterocycles. The Labute approximate surface area is 158 Å². The number of carbonyl (C=O) groups excluding carboxylic acids is 1. The van der Waals surface area contributed by atoms with Crippen LogP contribution in [0.3, 0.4) is 0 Å². The first kappa shape index (κ1) is 18.5. The predicted molar refractivity (Wildman–Crippen MR) is 101 cm³/mol. The summed E-state index contributed by atoms with van der Waals surface area (Å²) in [5.41, 5.74) is 1.49. The summed E-state index contributed by atoms with van der Waals surface area (Å²) in [7, 11) is 3.73. The Morgan fingerprint density at radius 3 is 2.63 bits per heavy atom. The number of nitrogens with zero attached hydrogens (tertiary/aromatic N) is 8. The molecule has 27 heavy (non-hydrogen) atoms. The molecule has 1 fully saturated rings. The molecule has 9 nitrogen and oxygen atoms in total. The van der Waals surface area contributed by atoms with E-state index in [-0.39, 0.29) is 5.91 Å². The fraction of sp³-hybridized carbons (Fsp3) is 0.444. The highest BCUT2D eigenvalue weighted by molar-refractivity contribution is 5.95. The lowest BCUT2D eigenvalue weighted by molar-refractivity contribution is 0.0765. The van der Waals surface area contributed by atoms with Crippen LogP contribution in [0.1, 0.15) is 28.2 Å². The molecule has 3 heterocycles. The van der Waals surface area contributed by atoms with E-state index in [0.29, 0.717) is 54.9 Å². The molecule has 2 aromatic rings. The summed E-state index contributed by atoms with van der Waals surface area (Å²) < 4.78 is 0. The molecule has 3 rings (SSSR count).